The van der Waals surface area contributed by atoms with Crippen LogP contribution in [-0.4, -0.2) is 38.8 Å². The molecule has 176 valence electrons. The summed E-state index contributed by atoms with van der Waals surface area (Å²) in [6.07, 6.45) is 3.34. The minimum atomic E-state index is -0.0672. The maximum Gasteiger partial charge on any atom is 0.259 e. The van der Waals surface area contributed by atoms with Gasteiger partial charge < -0.3 is 19.7 Å². The van der Waals surface area contributed by atoms with Gasteiger partial charge in [0.2, 0.25) is 0 Å². The number of piperidine rings is 1. The Bertz CT molecular complexity index is 1070. The topological polar surface area (TPSA) is 50.8 Å². The average molecular weight is 489 g/mol. The van der Waals surface area contributed by atoms with Crippen molar-refractivity contribution in [2.75, 3.05) is 31.7 Å². The minimum absolute atomic E-state index is 0.0672. The van der Waals surface area contributed by atoms with Crippen LogP contribution in [0.1, 0.15) is 38.7 Å². The van der Waals surface area contributed by atoms with Crippen LogP contribution in [0.25, 0.3) is 5.57 Å². The van der Waals surface area contributed by atoms with E-state index in [0.717, 1.165) is 35.7 Å². The summed E-state index contributed by atoms with van der Waals surface area (Å²) in [5, 5.41) is 4.47. The zero-order valence-electron chi connectivity index (χ0n) is 19.3. The molecule has 4 rings (SSSR count). The van der Waals surface area contributed by atoms with Crippen LogP contribution < -0.4 is 19.7 Å². The summed E-state index contributed by atoms with van der Waals surface area (Å²) in [5.41, 5.74) is 3.18. The van der Waals surface area contributed by atoms with E-state index in [-0.39, 0.29) is 5.91 Å². The van der Waals surface area contributed by atoms with Gasteiger partial charge in [0.05, 0.1) is 23.8 Å². The molecule has 1 amide bonds. The second kappa shape index (κ2) is 10.4. The fourth-order valence-electron chi connectivity index (χ4n) is 4.63. The van der Waals surface area contributed by atoms with Crippen LogP contribution in [0.3, 0.4) is 0 Å². The molecule has 0 aliphatic carbocycles. The van der Waals surface area contributed by atoms with Gasteiger partial charge in [0.1, 0.15) is 0 Å². The van der Waals surface area contributed by atoms with Gasteiger partial charge in [0.25, 0.3) is 5.91 Å². The third kappa shape index (κ3) is 5.32. The minimum Gasteiger partial charge on any atom is -0.493 e. The SMILES string of the molecule is COc1ccc(N2CC(C)=C(c3ccc(Cl)c(Cl)c3)C2=O)cc1OCCC1CC(C)CCN1. The van der Waals surface area contributed by atoms with E-state index >= 15 is 0 Å². The maximum absolute atomic E-state index is 13.3. The highest BCUT2D eigenvalue weighted by atomic mass is 35.5. The smallest absolute Gasteiger partial charge is 0.259 e. The summed E-state index contributed by atoms with van der Waals surface area (Å²) < 4.78 is 11.6. The van der Waals surface area contributed by atoms with Crippen LogP contribution in [0, 0.1) is 5.92 Å². The fourth-order valence-corrected chi connectivity index (χ4v) is 4.93. The zero-order chi connectivity index (χ0) is 23.5. The molecule has 2 unspecified atom stereocenters. The molecule has 2 aromatic carbocycles. The lowest BCUT2D eigenvalue weighted by atomic mass is 9.93. The molecule has 1 N–H and O–H groups in total. The van der Waals surface area contributed by atoms with Crippen molar-refractivity contribution < 1.29 is 14.3 Å². The van der Waals surface area contributed by atoms with Gasteiger partial charge in [-0.1, -0.05) is 36.2 Å². The highest BCUT2D eigenvalue weighted by Gasteiger charge is 2.31. The molecule has 2 atom stereocenters. The van der Waals surface area contributed by atoms with Gasteiger partial charge in [-0.25, -0.2) is 0 Å². The molecule has 0 spiro atoms. The molecule has 0 radical (unpaired) electrons. The molecule has 2 heterocycles. The molecule has 7 heteroatoms. The molecule has 2 aliphatic heterocycles. The van der Waals surface area contributed by atoms with Crippen LogP contribution in [-0.2, 0) is 4.79 Å². The summed E-state index contributed by atoms with van der Waals surface area (Å²) in [5.74, 6) is 1.98. The van der Waals surface area contributed by atoms with Crippen molar-refractivity contribution in [3.05, 3.63) is 57.6 Å². The lowest BCUT2D eigenvalue weighted by molar-refractivity contribution is -0.112. The molecule has 5 nitrogen and oxygen atoms in total. The Labute approximate surface area is 205 Å². The molecule has 33 heavy (non-hydrogen) atoms. The molecule has 1 fully saturated rings. The molecular weight excluding hydrogens is 459 g/mol. The van der Waals surface area contributed by atoms with Crippen molar-refractivity contribution in [1.29, 1.82) is 0 Å². The molecular formula is C26H30Cl2N2O3. The van der Waals surface area contributed by atoms with Crippen molar-refractivity contribution in [1.82, 2.24) is 5.32 Å². The number of anilines is 1. The number of rotatable bonds is 7. The lowest BCUT2D eigenvalue weighted by Crippen LogP contribution is -2.38. The molecule has 2 aromatic rings. The van der Waals surface area contributed by atoms with Crippen LogP contribution in [0.4, 0.5) is 5.69 Å². The van der Waals surface area contributed by atoms with Crippen LogP contribution in [0.2, 0.25) is 10.0 Å². The number of nitrogens with zero attached hydrogens (tertiary/aromatic N) is 1. The third-order valence-corrected chi connectivity index (χ3v) is 7.17. The number of halogens is 2. The zero-order valence-corrected chi connectivity index (χ0v) is 20.8. The van der Waals surface area contributed by atoms with Crippen molar-refractivity contribution in [3.63, 3.8) is 0 Å². The number of hydrogen-bond donors (Lipinski definition) is 1. The first-order valence-corrected chi connectivity index (χ1v) is 12.1. The van der Waals surface area contributed by atoms with Gasteiger partial charge in [-0.3, -0.25) is 4.79 Å². The van der Waals surface area contributed by atoms with Crippen LogP contribution >= 0.6 is 23.2 Å². The fraction of sp³-hybridized carbons (Fsp3) is 0.423. The summed E-state index contributed by atoms with van der Waals surface area (Å²) in [6, 6.07) is 11.4. The second-order valence-corrected chi connectivity index (χ2v) is 9.74. The summed E-state index contributed by atoms with van der Waals surface area (Å²) >= 11 is 12.2. The highest BCUT2D eigenvalue weighted by Crippen LogP contribution is 2.38. The van der Waals surface area contributed by atoms with Crippen molar-refractivity contribution in [3.8, 4) is 11.5 Å². The summed E-state index contributed by atoms with van der Waals surface area (Å²) in [4.78, 5) is 15.1. The number of carbonyl (C=O) groups excluding carboxylic acids is 1. The van der Waals surface area contributed by atoms with E-state index < -0.39 is 0 Å². The van der Waals surface area contributed by atoms with E-state index in [1.54, 1.807) is 24.1 Å². The number of ether oxygens (including phenoxy) is 2. The Morgan fingerprint density at radius 3 is 2.67 bits per heavy atom. The summed E-state index contributed by atoms with van der Waals surface area (Å²) in [7, 11) is 1.63. The Morgan fingerprint density at radius 1 is 1.12 bits per heavy atom. The molecule has 2 aliphatic rings. The second-order valence-electron chi connectivity index (χ2n) is 8.93. The van der Waals surface area contributed by atoms with Crippen molar-refractivity contribution in [2.24, 2.45) is 5.92 Å². The normalized spacial score (nSPS) is 21.0. The predicted octanol–water partition coefficient (Wildman–Crippen LogP) is 5.98. The van der Waals surface area contributed by atoms with Crippen LogP contribution in [0.5, 0.6) is 11.5 Å². The Morgan fingerprint density at radius 2 is 1.94 bits per heavy atom. The quantitative estimate of drug-likeness (QED) is 0.520. The number of nitrogens with one attached hydrogen (secondary N) is 1. The summed E-state index contributed by atoms with van der Waals surface area (Å²) in [6.45, 7) is 6.43. The first-order chi connectivity index (χ1) is 15.9. The Hall–Kier alpha value is -2.21. The maximum atomic E-state index is 13.3. The Kier molecular flexibility index (Phi) is 7.52. The third-order valence-electron chi connectivity index (χ3n) is 6.43. The molecule has 1 saturated heterocycles. The van der Waals surface area contributed by atoms with E-state index in [4.69, 9.17) is 32.7 Å². The van der Waals surface area contributed by atoms with Crippen molar-refractivity contribution >= 4 is 40.4 Å². The van der Waals surface area contributed by atoms with Crippen molar-refractivity contribution in [2.45, 2.75) is 39.2 Å². The molecule has 0 bridgehead atoms. The van der Waals surface area contributed by atoms with Crippen LogP contribution in [0.15, 0.2) is 42.0 Å². The number of methoxy groups -OCH3 is 1. The van der Waals surface area contributed by atoms with Gasteiger partial charge in [-0.15, -0.1) is 0 Å². The van der Waals surface area contributed by atoms with Gasteiger partial charge in [-0.2, -0.15) is 0 Å². The highest BCUT2D eigenvalue weighted by molar-refractivity contribution is 6.42. The predicted molar refractivity (Wildman–Crippen MR) is 135 cm³/mol. The number of carbonyl (C=O) groups is 1. The first-order valence-electron chi connectivity index (χ1n) is 11.4. The van der Waals surface area contributed by atoms with E-state index in [2.05, 4.69) is 12.2 Å². The largest absolute Gasteiger partial charge is 0.493 e. The number of amides is 1. The van der Waals surface area contributed by atoms with E-state index in [9.17, 15) is 4.79 Å². The van der Waals surface area contributed by atoms with Gasteiger partial charge in [0, 0.05) is 29.9 Å². The lowest BCUT2D eigenvalue weighted by Gasteiger charge is -2.28. The molecule has 0 aromatic heterocycles. The number of hydrogen-bond acceptors (Lipinski definition) is 4. The standard InChI is InChI=1S/C26H30Cl2N2O3/c1-16-8-10-29-19(12-16)9-11-33-24-14-20(5-7-23(24)32-3)30-15-17(2)25(26(30)31)18-4-6-21(27)22(28)13-18/h4-7,13-14,16,19,29H,8-12,15H2,1-3H3. The van der Waals surface area contributed by atoms with Gasteiger partial charge in [0.15, 0.2) is 11.5 Å². The average Bonchev–Trinajstić information content (AvgIpc) is 3.09. The molecule has 0 saturated carbocycles. The van der Waals surface area contributed by atoms with Gasteiger partial charge >= 0.3 is 0 Å². The first kappa shape index (κ1) is 23.9. The monoisotopic (exact) mass is 488 g/mol. The number of benzene rings is 2. The van der Waals surface area contributed by atoms with E-state index in [1.165, 1.54) is 12.8 Å². The Balaban J connectivity index is 1.49. The van der Waals surface area contributed by atoms with E-state index in [0.29, 0.717) is 46.3 Å². The van der Waals surface area contributed by atoms with E-state index in [1.807, 2.05) is 31.2 Å². The van der Waals surface area contributed by atoms with Gasteiger partial charge in [-0.05, 0) is 74.1 Å².